The molecule has 0 fully saturated rings. The molecule has 2 rings (SSSR count). The van der Waals surface area contributed by atoms with Crippen molar-refractivity contribution in [3.8, 4) is 0 Å². The van der Waals surface area contributed by atoms with Gasteiger partial charge in [-0.15, -0.1) is 0 Å². The first-order valence-corrected chi connectivity index (χ1v) is 6.87. The molecule has 0 saturated heterocycles. The van der Waals surface area contributed by atoms with E-state index in [-0.39, 0.29) is 0 Å². The van der Waals surface area contributed by atoms with Crippen molar-refractivity contribution in [1.82, 2.24) is 0 Å². The highest BCUT2D eigenvalue weighted by Gasteiger charge is 2.17. The van der Waals surface area contributed by atoms with E-state index in [1.54, 1.807) is 0 Å². The van der Waals surface area contributed by atoms with Crippen LogP contribution in [-0.2, 0) is 0 Å². The second-order valence-corrected chi connectivity index (χ2v) is 5.57. The first kappa shape index (κ1) is 13.6. The third kappa shape index (κ3) is 2.46. The van der Waals surface area contributed by atoms with Crippen LogP contribution in [0.4, 0.5) is 0 Å². The maximum atomic E-state index is 10.5. The van der Waals surface area contributed by atoms with Crippen molar-refractivity contribution in [2.24, 2.45) is 0 Å². The summed E-state index contributed by atoms with van der Waals surface area (Å²) in [6, 6.07) is 11.5. The first-order valence-electron chi connectivity index (χ1n) is 5.70. The van der Waals surface area contributed by atoms with Gasteiger partial charge in [0, 0.05) is 10.0 Å². The molecule has 0 amide bonds. The van der Waals surface area contributed by atoms with Gasteiger partial charge in [-0.05, 0) is 52.5 Å². The standard InChI is InChI=1S/C15H14BrClO/c1-9-5-3-6-11(10(9)2)15(18)12-7-4-8-13(16)14(12)17/h3-8,15,18H,1-2H3. The summed E-state index contributed by atoms with van der Waals surface area (Å²) < 4.78 is 0.797. The molecule has 1 unspecified atom stereocenters. The molecule has 3 heteroatoms. The van der Waals surface area contributed by atoms with Crippen LogP contribution in [0.25, 0.3) is 0 Å². The zero-order chi connectivity index (χ0) is 13.3. The Morgan fingerprint density at radius 3 is 2.39 bits per heavy atom. The van der Waals surface area contributed by atoms with Crippen molar-refractivity contribution in [2.75, 3.05) is 0 Å². The average Bonchev–Trinajstić information content (AvgIpc) is 2.35. The molecule has 0 radical (unpaired) electrons. The number of hydrogen-bond acceptors (Lipinski definition) is 1. The number of rotatable bonds is 2. The van der Waals surface area contributed by atoms with E-state index < -0.39 is 6.10 Å². The summed E-state index contributed by atoms with van der Waals surface area (Å²) in [6.45, 7) is 4.05. The Bertz CT molecular complexity index is 529. The van der Waals surface area contributed by atoms with Gasteiger partial charge in [0.05, 0.1) is 5.02 Å². The molecule has 0 saturated carbocycles. The second-order valence-electron chi connectivity index (χ2n) is 4.33. The van der Waals surface area contributed by atoms with E-state index in [0.717, 1.165) is 26.7 Å². The Hall–Kier alpha value is -0.830. The molecule has 94 valence electrons. The van der Waals surface area contributed by atoms with Crippen molar-refractivity contribution in [2.45, 2.75) is 20.0 Å². The molecule has 2 aromatic rings. The number of benzene rings is 2. The van der Waals surface area contributed by atoms with Crippen molar-refractivity contribution in [3.05, 3.63) is 68.1 Å². The van der Waals surface area contributed by atoms with Crippen LogP contribution in [0.2, 0.25) is 5.02 Å². The fraction of sp³-hybridized carbons (Fsp3) is 0.200. The van der Waals surface area contributed by atoms with E-state index in [9.17, 15) is 5.11 Å². The van der Waals surface area contributed by atoms with Crippen molar-refractivity contribution >= 4 is 27.5 Å². The highest BCUT2D eigenvalue weighted by atomic mass is 79.9. The first-order chi connectivity index (χ1) is 8.52. The lowest BCUT2D eigenvalue weighted by molar-refractivity contribution is 0.219. The normalized spacial score (nSPS) is 12.5. The minimum Gasteiger partial charge on any atom is -0.384 e. The van der Waals surface area contributed by atoms with Crippen LogP contribution in [0.5, 0.6) is 0 Å². The van der Waals surface area contributed by atoms with Crippen LogP contribution in [-0.4, -0.2) is 5.11 Å². The summed E-state index contributed by atoms with van der Waals surface area (Å²) in [5, 5.41) is 11.1. The number of aliphatic hydroxyl groups excluding tert-OH is 1. The van der Waals surface area contributed by atoms with Crippen LogP contribution < -0.4 is 0 Å². The summed E-state index contributed by atoms with van der Waals surface area (Å²) >= 11 is 9.60. The van der Waals surface area contributed by atoms with Crippen LogP contribution in [0.1, 0.15) is 28.4 Å². The Balaban J connectivity index is 2.51. The Kier molecular flexibility index (Phi) is 4.10. The van der Waals surface area contributed by atoms with Crippen molar-refractivity contribution in [3.63, 3.8) is 0 Å². The number of aliphatic hydroxyl groups is 1. The fourth-order valence-electron chi connectivity index (χ4n) is 1.97. The van der Waals surface area contributed by atoms with Gasteiger partial charge in [-0.3, -0.25) is 0 Å². The number of hydrogen-bond donors (Lipinski definition) is 1. The van der Waals surface area contributed by atoms with E-state index >= 15 is 0 Å². The van der Waals surface area contributed by atoms with Gasteiger partial charge < -0.3 is 5.11 Å². The Morgan fingerprint density at radius 2 is 1.67 bits per heavy atom. The predicted octanol–water partition coefficient (Wildman–Crippen LogP) is 4.80. The van der Waals surface area contributed by atoms with E-state index in [1.807, 2.05) is 50.2 Å². The lowest BCUT2D eigenvalue weighted by Gasteiger charge is -2.17. The molecular formula is C15H14BrClO. The van der Waals surface area contributed by atoms with E-state index in [2.05, 4.69) is 15.9 Å². The van der Waals surface area contributed by atoms with Crippen LogP contribution >= 0.6 is 27.5 Å². The van der Waals surface area contributed by atoms with Gasteiger partial charge in [0.15, 0.2) is 0 Å². The van der Waals surface area contributed by atoms with Gasteiger partial charge in [0.1, 0.15) is 6.10 Å². The molecule has 0 heterocycles. The maximum Gasteiger partial charge on any atom is 0.106 e. The third-order valence-corrected chi connectivity index (χ3v) is 4.53. The molecule has 18 heavy (non-hydrogen) atoms. The molecule has 2 aromatic carbocycles. The smallest absolute Gasteiger partial charge is 0.106 e. The topological polar surface area (TPSA) is 20.2 Å². The van der Waals surface area contributed by atoms with Gasteiger partial charge in [-0.25, -0.2) is 0 Å². The molecule has 0 aliphatic rings. The summed E-state index contributed by atoms with van der Waals surface area (Å²) in [7, 11) is 0. The molecule has 0 aliphatic carbocycles. The summed E-state index contributed by atoms with van der Waals surface area (Å²) in [6.07, 6.45) is -0.699. The lowest BCUT2D eigenvalue weighted by Crippen LogP contribution is -2.04. The Morgan fingerprint density at radius 1 is 1.06 bits per heavy atom. The highest BCUT2D eigenvalue weighted by molar-refractivity contribution is 9.10. The Labute approximate surface area is 121 Å². The van der Waals surface area contributed by atoms with Crippen LogP contribution in [0.3, 0.4) is 0 Å². The van der Waals surface area contributed by atoms with Gasteiger partial charge in [-0.1, -0.05) is 41.9 Å². The largest absolute Gasteiger partial charge is 0.384 e. The third-order valence-electron chi connectivity index (χ3n) is 3.22. The molecule has 1 atom stereocenters. The second kappa shape index (κ2) is 5.43. The lowest BCUT2D eigenvalue weighted by atomic mass is 9.95. The van der Waals surface area contributed by atoms with Gasteiger partial charge in [0.2, 0.25) is 0 Å². The fourth-order valence-corrected chi connectivity index (χ4v) is 2.58. The molecule has 1 nitrogen and oxygen atoms in total. The summed E-state index contributed by atoms with van der Waals surface area (Å²) in [5.74, 6) is 0. The molecule has 0 spiro atoms. The maximum absolute atomic E-state index is 10.5. The quantitative estimate of drug-likeness (QED) is 0.841. The van der Waals surface area contributed by atoms with Crippen molar-refractivity contribution in [1.29, 1.82) is 0 Å². The van der Waals surface area contributed by atoms with Gasteiger partial charge >= 0.3 is 0 Å². The number of halogens is 2. The summed E-state index contributed by atoms with van der Waals surface area (Å²) in [5.41, 5.74) is 3.88. The average molecular weight is 326 g/mol. The van der Waals surface area contributed by atoms with Crippen molar-refractivity contribution < 1.29 is 5.11 Å². The molecule has 0 aliphatic heterocycles. The zero-order valence-electron chi connectivity index (χ0n) is 10.2. The molecule has 0 aromatic heterocycles. The molecule has 1 N–H and O–H groups in total. The highest BCUT2D eigenvalue weighted by Crippen LogP contribution is 2.34. The molecular weight excluding hydrogens is 312 g/mol. The van der Waals surface area contributed by atoms with Crippen LogP contribution in [0.15, 0.2) is 40.9 Å². The van der Waals surface area contributed by atoms with E-state index in [4.69, 9.17) is 11.6 Å². The SMILES string of the molecule is Cc1cccc(C(O)c2cccc(Br)c2Cl)c1C. The van der Waals surface area contributed by atoms with Gasteiger partial charge in [-0.2, -0.15) is 0 Å². The van der Waals surface area contributed by atoms with Gasteiger partial charge in [0.25, 0.3) is 0 Å². The number of aryl methyl sites for hydroxylation is 1. The van der Waals surface area contributed by atoms with Crippen LogP contribution in [0, 0.1) is 13.8 Å². The van der Waals surface area contributed by atoms with E-state index in [1.165, 1.54) is 0 Å². The minimum atomic E-state index is -0.699. The monoisotopic (exact) mass is 324 g/mol. The predicted molar refractivity (Wildman–Crippen MR) is 79.1 cm³/mol. The molecule has 0 bridgehead atoms. The summed E-state index contributed by atoms with van der Waals surface area (Å²) in [4.78, 5) is 0. The zero-order valence-corrected chi connectivity index (χ0v) is 12.6. The van der Waals surface area contributed by atoms with E-state index in [0.29, 0.717) is 5.02 Å². The minimum absolute atomic E-state index is 0.561.